The molecule has 5 nitrogen and oxygen atoms in total. The van der Waals surface area contributed by atoms with E-state index in [9.17, 15) is 14.7 Å². The third kappa shape index (κ3) is 6.02. The van der Waals surface area contributed by atoms with Crippen molar-refractivity contribution in [3.05, 3.63) is 27.5 Å². The first-order valence-electron chi connectivity index (χ1n) is 11.5. The van der Waals surface area contributed by atoms with Crippen molar-refractivity contribution in [2.75, 3.05) is 12.0 Å². The maximum atomic E-state index is 13.8. The van der Waals surface area contributed by atoms with Gasteiger partial charge >= 0.3 is 5.97 Å². The minimum absolute atomic E-state index is 0.0423. The Morgan fingerprint density at radius 2 is 1.88 bits per heavy atom. The van der Waals surface area contributed by atoms with Gasteiger partial charge in [-0.2, -0.15) is 0 Å². The summed E-state index contributed by atoms with van der Waals surface area (Å²) < 4.78 is 5.07. The molecule has 3 rings (SSSR count). The summed E-state index contributed by atoms with van der Waals surface area (Å²) in [4.78, 5) is 29.5. The molecule has 2 aliphatic carbocycles. The van der Waals surface area contributed by atoms with Crippen LogP contribution in [-0.2, 0) is 9.53 Å². The van der Waals surface area contributed by atoms with Gasteiger partial charge < -0.3 is 14.7 Å². The lowest BCUT2D eigenvalue weighted by atomic mass is 9.86. The van der Waals surface area contributed by atoms with Crippen LogP contribution in [0.4, 0.5) is 5.69 Å². The number of nitrogens with zero attached hydrogens (tertiary/aromatic N) is 1. The molecule has 0 aromatic carbocycles. The molecular weight excluding hydrogens is 422 g/mol. The Balaban J connectivity index is 2.04. The number of thiophene rings is 1. The van der Waals surface area contributed by atoms with Crippen LogP contribution >= 0.6 is 11.3 Å². The molecule has 174 valence electrons. The van der Waals surface area contributed by atoms with Crippen molar-refractivity contribution in [3.63, 3.8) is 0 Å². The van der Waals surface area contributed by atoms with Crippen molar-refractivity contribution in [2.24, 2.45) is 11.3 Å². The van der Waals surface area contributed by atoms with E-state index in [0.717, 1.165) is 24.1 Å². The molecule has 1 amide bonds. The van der Waals surface area contributed by atoms with E-state index in [1.807, 2.05) is 31.7 Å². The first-order valence-corrected chi connectivity index (χ1v) is 12.3. The summed E-state index contributed by atoms with van der Waals surface area (Å²) in [5.41, 5.74) is 1.77. The van der Waals surface area contributed by atoms with Gasteiger partial charge in [0, 0.05) is 17.4 Å². The zero-order chi connectivity index (χ0) is 23.5. The second kappa shape index (κ2) is 10.2. The number of hydrogen-bond acceptors (Lipinski definition) is 5. The van der Waals surface area contributed by atoms with E-state index in [1.165, 1.54) is 24.0 Å². The lowest BCUT2D eigenvalue weighted by Crippen LogP contribution is -2.46. The third-order valence-corrected chi connectivity index (χ3v) is 7.18. The Bertz CT molecular complexity index is 935. The molecule has 1 saturated carbocycles. The van der Waals surface area contributed by atoms with Crippen molar-refractivity contribution in [1.82, 2.24) is 0 Å². The van der Waals surface area contributed by atoms with E-state index in [4.69, 9.17) is 4.74 Å². The second-order valence-corrected chi connectivity index (χ2v) is 11.1. The fourth-order valence-corrected chi connectivity index (χ4v) is 5.23. The van der Waals surface area contributed by atoms with Gasteiger partial charge in [0.25, 0.3) is 0 Å². The quantitative estimate of drug-likeness (QED) is 0.378. The molecule has 0 radical (unpaired) electrons. The van der Waals surface area contributed by atoms with Gasteiger partial charge in [-0.25, -0.2) is 4.79 Å². The smallest absolute Gasteiger partial charge is 0.350 e. The first-order chi connectivity index (χ1) is 15.1. The monoisotopic (exact) mass is 457 g/mol. The highest BCUT2D eigenvalue weighted by molar-refractivity contribution is 7.15. The SMILES string of the molecule is COC(=O)c1sc(C#CC(C)(C)C)cc1N(C(=O)[C@@H]1CC=C(C)CC1)[C@H]1CC[C@H](O)CC1. The van der Waals surface area contributed by atoms with Crippen LogP contribution in [0.2, 0.25) is 0 Å². The van der Waals surface area contributed by atoms with Gasteiger partial charge in [0.1, 0.15) is 4.88 Å². The fraction of sp³-hybridized carbons (Fsp3) is 0.615. The molecule has 1 atom stereocenters. The number of rotatable bonds is 4. The molecule has 1 aromatic rings. The van der Waals surface area contributed by atoms with Gasteiger partial charge in [0.15, 0.2) is 0 Å². The van der Waals surface area contributed by atoms with Crippen LogP contribution in [0.3, 0.4) is 0 Å². The summed E-state index contributed by atoms with van der Waals surface area (Å²) in [6.45, 7) is 8.22. The lowest BCUT2D eigenvalue weighted by Gasteiger charge is -2.38. The van der Waals surface area contributed by atoms with Crippen molar-refractivity contribution in [2.45, 2.75) is 84.8 Å². The zero-order valence-electron chi connectivity index (χ0n) is 19.9. The number of amides is 1. The molecule has 0 spiro atoms. The normalized spacial score (nSPS) is 23.6. The average Bonchev–Trinajstić information content (AvgIpc) is 3.17. The van der Waals surface area contributed by atoms with Crippen LogP contribution in [0.1, 0.15) is 87.2 Å². The van der Waals surface area contributed by atoms with Gasteiger partial charge in [-0.15, -0.1) is 11.3 Å². The fourth-order valence-electron chi connectivity index (χ4n) is 4.31. The summed E-state index contributed by atoms with van der Waals surface area (Å²) in [5.74, 6) is 5.93. The second-order valence-electron chi connectivity index (χ2n) is 10.0. The highest BCUT2D eigenvalue weighted by Crippen LogP contribution is 2.38. The number of anilines is 1. The Hall–Kier alpha value is -2.10. The van der Waals surface area contributed by atoms with Crippen LogP contribution in [0, 0.1) is 23.2 Å². The topological polar surface area (TPSA) is 66.8 Å². The van der Waals surface area contributed by atoms with Crippen LogP contribution in [0.5, 0.6) is 0 Å². The zero-order valence-corrected chi connectivity index (χ0v) is 20.7. The van der Waals surface area contributed by atoms with Crippen LogP contribution in [0.25, 0.3) is 0 Å². The van der Waals surface area contributed by atoms with Crippen molar-refractivity contribution in [1.29, 1.82) is 0 Å². The van der Waals surface area contributed by atoms with E-state index >= 15 is 0 Å². The number of hydrogen-bond donors (Lipinski definition) is 1. The van der Waals surface area contributed by atoms with Crippen molar-refractivity contribution >= 4 is 28.9 Å². The molecular formula is C26H35NO4S. The van der Waals surface area contributed by atoms with Crippen molar-refractivity contribution in [3.8, 4) is 11.8 Å². The molecule has 2 aliphatic rings. The summed E-state index contributed by atoms with van der Waals surface area (Å²) in [7, 11) is 1.37. The van der Waals surface area contributed by atoms with Crippen molar-refractivity contribution < 1.29 is 19.4 Å². The molecule has 0 unspecified atom stereocenters. The van der Waals surface area contributed by atoms with Gasteiger partial charge in [-0.1, -0.05) is 23.5 Å². The molecule has 1 N–H and O–H groups in total. The number of ether oxygens (including phenoxy) is 1. The number of esters is 1. The predicted molar refractivity (Wildman–Crippen MR) is 129 cm³/mol. The Kier molecular flexibility index (Phi) is 7.84. The highest BCUT2D eigenvalue weighted by atomic mass is 32.1. The number of carbonyl (C=O) groups is 2. The molecule has 1 aromatic heterocycles. The van der Waals surface area contributed by atoms with Gasteiger partial charge in [0.2, 0.25) is 5.91 Å². The van der Waals surface area contributed by atoms with E-state index in [1.54, 1.807) is 0 Å². The number of carbonyl (C=O) groups excluding carboxylic acids is 2. The van der Waals surface area contributed by atoms with Crippen LogP contribution in [0.15, 0.2) is 17.7 Å². The summed E-state index contributed by atoms with van der Waals surface area (Å²) >= 11 is 1.29. The Morgan fingerprint density at radius 3 is 2.44 bits per heavy atom. The van der Waals surface area contributed by atoms with Gasteiger partial charge in [-0.3, -0.25) is 4.79 Å². The Morgan fingerprint density at radius 1 is 1.19 bits per heavy atom. The largest absolute Gasteiger partial charge is 0.465 e. The maximum Gasteiger partial charge on any atom is 0.350 e. The minimum Gasteiger partial charge on any atom is -0.465 e. The molecule has 32 heavy (non-hydrogen) atoms. The van der Waals surface area contributed by atoms with Gasteiger partial charge in [0.05, 0.1) is 23.8 Å². The van der Waals surface area contributed by atoms with E-state index in [-0.39, 0.29) is 29.4 Å². The minimum atomic E-state index is -0.443. The standard InChI is InChI=1S/C26H35NO4S/c1-17-6-8-18(9-7-17)24(29)27(19-10-12-20(28)13-11-19)22-16-21(14-15-26(2,3)4)32-23(22)25(30)31-5/h6,16,18-20,28H,7-13H2,1-5H3/t18-,19-,20-/m1/s1. The Labute approximate surface area is 195 Å². The van der Waals surface area contributed by atoms with Gasteiger partial charge in [-0.05, 0) is 78.7 Å². The maximum absolute atomic E-state index is 13.8. The molecule has 1 heterocycles. The molecule has 0 bridgehead atoms. The number of aliphatic hydroxyl groups is 1. The molecule has 1 fully saturated rings. The van der Waals surface area contributed by atoms with E-state index in [2.05, 4.69) is 24.8 Å². The number of allylic oxidation sites excluding steroid dienone is 2. The first kappa shape index (κ1) is 24.5. The summed E-state index contributed by atoms with van der Waals surface area (Å²) in [5, 5.41) is 10.0. The molecule has 6 heteroatoms. The molecule has 0 saturated heterocycles. The van der Waals surface area contributed by atoms with Crippen LogP contribution in [-0.4, -0.2) is 36.2 Å². The van der Waals surface area contributed by atoms with E-state index in [0.29, 0.717) is 36.2 Å². The lowest BCUT2D eigenvalue weighted by molar-refractivity contribution is -0.123. The molecule has 0 aliphatic heterocycles. The summed E-state index contributed by atoms with van der Waals surface area (Å²) in [6.07, 6.45) is 7.06. The highest BCUT2D eigenvalue weighted by Gasteiger charge is 2.36. The van der Waals surface area contributed by atoms with Crippen LogP contribution < -0.4 is 4.90 Å². The number of aliphatic hydroxyl groups excluding tert-OH is 1. The average molecular weight is 458 g/mol. The summed E-state index contributed by atoms with van der Waals surface area (Å²) in [6, 6.07) is 1.84. The van der Waals surface area contributed by atoms with E-state index < -0.39 is 5.97 Å². The number of methoxy groups -OCH3 is 1. The predicted octanol–water partition coefficient (Wildman–Crippen LogP) is 5.32. The third-order valence-electron chi connectivity index (χ3n) is 6.16.